The van der Waals surface area contributed by atoms with E-state index in [1.165, 1.54) is 0 Å². The molecule has 140 valence electrons. The maximum Gasteiger partial charge on any atom is 0.230 e. The summed E-state index contributed by atoms with van der Waals surface area (Å²) in [5.41, 5.74) is 0.524. The molecule has 3 fully saturated rings. The molecule has 3 aliphatic rings. The molecule has 0 spiro atoms. The number of rotatable bonds is 6. The van der Waals surface area contributed by atoms with Gasteiger partial charge in [0.25, 0.3) is 0 Å². The molecule has 1 aromatic rings. The van der Waals surface area contributed by atoms with Crippen molar-refractivity contribution in [1.82, 2.24) is 10.2 Å². The zero-order valence-corrected chi connectivity index (χ0v) is 15.2. The number of benzene rings is 1. The van der Waals surface area contributed by atoms with E-state index in [4.69, 9.17) is 9.47 Å². The fourth-order valence-electron chi connectivity index (χ4n) is 3.90. The molecule has 26 heavy (non-hydrogen) atoms. The first-order valence-electron chi connectivity index (χ1n) is 9.40. The average molecular weight is 358 g/mol. The lowest BCUT2D eigenvalue weighted by Gasteiger charge is -2.49. The summed E-state index contributed by atoms with van der Waals surface area (Å²) < 4.78 is 10.6. The van der Waals surface area contributed by atoms with Crippen LogP contribution in [0, 0.1) is 11.3 Å². The Morgan fingerprint density at radius 3 is 2.77 bits per heavy atom. The zero-order chi connectivity index (χ0) is 18.1. The second-order valence-corrected chi connectivity index (χ2v) is 7.81. The van der Waals surface area contributed by atoms with Crippen molar-refractivity contribution in [3.8, 4) is 5.75 Å². The van der Waals surface area contributed by atoms with Gasteiger partial charge in [-0.25, -0.2) is 0 Å². The fourth-order valence-corrected chi connectivity index (χ4v) is 3.90. The van der Waals surface area contributed by atoms with Crippen LogP contribution in [0.5, 0.6) is 5.75 Å². The summed E-state index contributed by atoms with van der Waals surface area (Å²) >= 11 is 0. The first kappa shape index (κ1) is 17.3. The van der Waals surface area contributed by atoms with E-state index in [1.54, 1.807) is 7.11 Å². The molecule has 2 amide bonds. The Balaban J connectivity index is 1.48. The van der Waals surface area contributed by atoms with Crippen molar-refractivity contribution in [1.29, 1.82) is 0 Å². The van der Waals surface area contributed by atoms with Gasteiger partial charge in [0, 0.05) is 25.7 Å². The number of carbonyl (C=O) groups is 2. The van der Waals surface area contributed by atoms with Crippen molar-refractivity contribution >= 4 is 11.8 Å². The molecule has 1 unspecified atom stereocenters. The van der Waals surface area contributed by atoms with Crippen LogP contribution in [0.1, 0.15) is 24.8 Å². The quantitative estimate of drug-likeness (QED) is 0.834. The van der Waals surface area contributed by atoms with Crippen LogP contribution in [0.15, 0.2) is 24.3 Å². The van der Waals surface area contributed by atoms with Crippen LogP contribution in [-0.4, -0.2) is 56.2 Å². The summed E-state index contributed by atoms with van der Waals surface area (Å²) in [6.07, 6.45) is 3.52. The van der Waals surface area contributed by atoms with E-state index in [9.17, 15) is 9.59 Å². The van der Waals surface area contributed by atoms with E-state index in [0.29, 0.717) is 38.8 Å². The lowest BCUT2D eigenvalue weighted by Crippen LogP contribution is -2.66. The van der Waals surface area contributed by atoms with Gasteiger partial charge in [0.1, 0.15) is 5.75 Å². The molecular formula is C20H26N2O4. The number of ether oxygens (including phenoxy) is 2. The third kappa shape index (κ3) is 3.43. The molecule has 0 radical (unpaired) electrons. The highest BCUT2D eigenvalue weighted by Crippen LogP contribution is 2.38. The first-order valence-corrected chi connectivity index (χ1v) is 9.40. The van der Waals surface area contributed by atoms with Crippen LogP contribution >= 0.6 is 0 Å². The minimum Gasteiger partial charge on any atom is -0.497 e. The molecule has 4 rings (SSSR count). The van der Waals surface area contributed by atoms with Gasteiger partial charge in [-0.1, -0.05) is 12.1 Å². The Hall–Kier alpha value is -2.08. The molecule has 2 saturated heterocycles. The van der Waals surface area contributed by atoms with Gasteiger partial charge in [-0.05, 0) is 43.4 Å². The van der Waals surface area contributed by atoms with Crippen LogP contribution in [-0.2, 0) is 20.7 Å². The number of methoxy groups -OCH3 is 1. The summed E-state index contributed by atoms with van der Waals surface area (Å²) in [6.45, 7) is 2.13. The van der Waals surface area contributed by atoms with E-state index in [2.05, 4.69) is 5.32 Å². The second-order valence-electron chi connectivity index (χ2n) is 7.81. The predicted octanol–water partition coefficient (Wildman–Crippen LogP) is 1.38. The van der Waals surface area contributed by atoms with E-state index < -0.39 is 5.41 Å². The molecule has 0 aromatic heterocycles. The molecule has 1 aliphatic carbocycles. The van der Waals surface area contributed by atoms with Gasteiger partial charge in [-0.3, -0.25) is 9.59 Å². The van der Waals surface area contributed by atoms with Crippen molar-refractivity contribution in [2.75, 3.05) is 33.4 Å². The van der Waals surface area contributed by atoms with Crippen molar-refractivity contribution in [2.24, 2.45) is 11.3 Å². The Kier molecular flexibility index (Phi) is 4.61. The number of carbonyl (C=O) groups excluding carboxylic acids is 2. The van der Waals surface area contributed by atoms with E-state index in [0.717, 1.165) is 30.6 Å². The molecule has 1 N–H and O–H groups in total. The number of hydrogen-bond acceptors (Lipinski definition) is 4. The van der Waals surface area contributed by atoms with Gasteiger partial charge >= 0.3 is 0 Å². The summed E-state index contributed by atoms with van der Waals surface area (Å²) in [6, 6.07) is 8.15. The molecule has 6 heteroatoms. The van der Waals surface area contributed by atoms with Gasteiger partial charge in [-0.15, -0.1) is 0 Å². The molecule has 0 bridgehead atoms. The van der Waals surface area contributed by atoms with Crippen molar-refractivity contribution in [2.45, 2.75) is 31.7 Å². The number of hydrogen-bond donors (Lipinski definition) is 1. The highest BCUT2D eigenvalue weighted by Gasteiger charge is 2.52. The van der Waals surface area contributed by atoms with Crippen molar-refractivity contribution < 1.29 is 19.1 Å². The first-order chi connectivity index (χ1) is 12.6. The van der Waals surface area contributed by atoms with E-state index in [-0.39, 0.29) is 17.7 Å². The largest absolute Gasteiger partial charge is 0.497 e. The topological polar surface area (TPSA) is 67.9 Å². The van der Waals surface area contributed by atoms with Crippen LogP contribution in [0.4, 0.5) is 0 Å². The lowest BCUT2D eigenvalue weighted by molar-refractivity contribution is -0.156. The lowest BCUT2D eigenvalue weighted by atomic mass is 9.73. The van der Waals surface area contributed by atoms with Crippen molar-refractivity contribution in [3.63, 3.8) is 0 Å². The molecule has 1 atom stereocenters. The van der Waals surface area contributed by atoms with E-state index in [1.807, 2.05) is 29.2 Å². The van der Waals surface area contributed by atoms with Crippen LogP contribution in [0.3, 0.4) is 0 Å². The highest BCUT2D eigenvalue weighted by molar-refractivity contribution is 5.89. The van der Waals surface area contributed by atoms with Crippen LogP contribution < -0.4 is 10.1 Å². The molecule has 1 saturated carbocycles. The molecular weight excluding hydrogens is 332 g/mol. The average Bonchev–Trinajstić information content (AvgIpc) is 3.25. The SMILES string of the molecule is COc1cccc(CC2(C(=O)NC3CC3)CN(C(=O)C3CCOC3)C2)c1. The normalized spacial score (nSPS) is 24.0. The fraction of sp³-hybridized carbons (Fsp3) is 0.600. The summed E-state index contributed by atoms with van der Waals surface area (Å²) in [5.74, 6) is 0.949. The van der Waals surface area contributed by atoms with Crippen LogP contribution in [0.25, 0.3) is 0 Å². The molecule has 2 heterocycles. The Labute approximate surface area is 153 Å². The number of likely N-dealkylation sites (tertiary alicyclic amines) is 1. The standard InChI is InChI=1S/C20H26N2O4/c1-25-17-4-2-3-14(9-17)10-20(19(24)21-16-5-6-16)12-22(13-20)18(23)15-7-8-26-11-15/h2-4,9,15-16H,5-8,10-13H2,1H3,(H,21,24). The van der Waals surface area contributed by atoms with Crippen LogP contribution in [0.2, 0.25) is 0 Å². The summed E-state index contributed by atoms with van der Waals surface area (Å²) in [7, 11) is 1.64. The molecule has 2 aliphatic heterocycles. The summed E-state index contributed by atoms with van der Waals surface area (Å²) in [4.78, 5) is 27.4. The third-order valence-electron chi connectivity index (χ3n) is 5.65. The molecule has 6 nitrogen and oxygen atoms in total. The number of amides is 2. The predicted molar refractivity (Wildman–Crippen MR) is 95.8 cm³/mol. The minimum atomic E-state index is -0.538. The monoisotopic (exact) mass is 358 g/mol. The smallest absolute Gasteiger partial charge is 0.230 e. The third-order valence-corrected chi connectivity index (χ3v) is 5.65. The van der Waals surface area contributed by atoms with E-state index >= 15 is 0 Å². The maximum atomic E-state index is 12.9. The van der Waals surface area contributed by atoms with Gasteiger partial charge in [0.05, 0.1) is 25.0 Å². The Morgan fingerprint density at radius 2 is 2.12 bits per heavy atom. The zero-order valence-electron chi connectivity index (χ0n) is 15.2. The van der Waals surface area contributed by atoms with Gasteiger partial charge < -0.3 is 19.7 Å². The van der Waals surface area contributed by atoms with Gasteiger partial charge in [0.2, 0.25) is 11.8 Å². The number of nitrogens with zero attached hydrogens (tertiary/aromatic N) is 1. The van der Waals surface area contributed by atoms with Gasteiger partial charge in [-0.2, -0.15) is 0 Å². The molecule has 1 aromatic carbocycles. The number of nitrogens with one attached hydrogen (secondary N) is 1. The second kappa shape index (κ2) is 6.91. The Bertz CT molecular complexity index is 689. The van der Waals surface area contributed by atoms with Gasteiger partial charge in [0.15, 0.2) is 0 Å². The minimum absolute atomic E-state index is 0.0451. The Morgan fingerprint density at radius 1 is 1.31 bits per heavy atom. The highest BCUT2D eigenvalue weighted by atomic mass is 16.5. The summed E-state index contributed by atoms with van der Waals surface area (Å²) in [5, 5.41) is 3.14. The maximum absolute atomic E-state index is 12.9. The van der Waals surface area contributed by atoms with Crippen molar-refractivity contribution in [3.05, 3.63) is 29.8 Å².